The summed E-state index contributed by atoms with van der Waals surface area (Å²) < 4.78 is 0. The standard InChI is InChI=1S/C30H48OSi/c1-27(2,3)21-14-13-15-24(25(21)30(10,11)12)32-17-16-20-18-22(28(4,5)6)26(31)23(19-20)29(7,8)9/h13-15,18-19,31H,16-17,32H2,1-12H3. The maximum atomic E-state index is 11.0. The number of aryl methyl sites for hydroxylation is 1. The van der Waals surface area contributed by atoms with Crippen molar-refractivity contribution in [3.63, 3.8) is 0 Å². The predicted octanol–water partition coefficient (Wildman–Crippen LogP) is 7.04. The van der Waals surface area contributed by atoms with Gasteiger partial charge in [-0.1, -0.05) is 125 Å². The van der Waals surface area contributed by atoms with E-state index in [0.29, 0.717) is 5.75 Å². The van der Waals surface area contributed by atoms with Gasteiger partial charge in [-0.15, -0.1) is 0 Å². The minimum Gasteiger partial charge on any atom is -0.507 e. The van der Waals surface area contributed by atoms with Crippen LogP contribution in [-0.4, -0.2) is 14.6 Å². The Labute approximate surface area is 200 Å². The lowest BCUT2D eigenvalue weighted by Crippen LogP contribution is -2.33. The summed E-state index contributed by atoms with van der Waals surface area (Å²) in [6, 6.07) is 12.8. The van der Waals surface area contributed by atoms with Gasteiger partial charge in [0.2, 0.25) is 0 Å². The van der Waals surface area contributed by atoms with Crippen LogP contribution in [0.2, 0.25) is 6.04 Å². The second-order valence-electron chi connectivity index (χ2n) is 13.7. The molecular weight excluding hydrogens is 404 g/mol. The Bertz CT molecular complexity index is 906. The van der Waals surface area contributed by atoms with E-state index < -0.39 is 9.52 Å². The smallest absolute Gasteiger partial charge is 0.123 e. The van der Waals surface area contributed by atoms with Gasteiger partial charge in [0.05, 0.1) is 9.52 Å². The van der Waals surface area contributed by atoms with Gasteiger partial charge in [0.25, 0.3) is 0 Å². The Hall–Kier alpha value is -1.54. The molecule has 0 saturated carbocycles. The minimum atomic E-state index is -0.408. The minimum absolute atomic E-state index is 0.0715. The van der Waals surface area contributed by atoms with E-state index in [0.717, 1.165) is 17.5 Å². The van der Waals surface area contributed by atoms with Crippen LogP contribution in [0.15, 0.2) is 30.3 Å². The molecule has 0 aromatic heterocycles. The summed E-state index contributed by atoms with van der Waals surface area (Å²) in [5.74, 6) is 0.485. The Kier molecular flexibility index (Phi) is 7.52. The van der Waals surface area contributed by atoms with Gasteiger partial charge >= 0.3 is 0 Å². The summed E-state index contributed by atoms with van der Waals surface area (Å²) >= 11 is 0. The fraction of sp³-hybridized carbons (Fsp3) is 0.600. The molecule has 0 heterocycles. The molecule has 0 radical (unpaired) electrons. The van der Waals surface area contributed by atoms with Crippen molar-refractivity contribution < 1.29 is 5.11 Å². The van der Waals surface area contributed by atoms with Crippen molar-refractivity contribution in [2.75, 3.05) is 0 Å². The number of hydrogen-bond donors (Lipinski definition) is 1. The van der Waals surface area contributed by atoms with Gasteiger partial charge in [0, 0.05) is 0 Å². The molecule has 0 aliphatic rings. The first-order chi connectivity index (χ1) is 14.3. The molecule has 0 amide bonds. The zero-order valence-electron chi connectivity index (χ0n) is 23.0. The van der Waals surface area contributed by atoms with E-state index in [9.17, 15) is 5.11 Å². The second-order valence-corrected chi connectivity index (χ2v) is 15.7. The molecule has 32 heavy (non-hydrogen) atoms. The molecule has 0 saturated heterocycles. The van der Waals surface area contributed by atoms with Gasteiger partial charge in [-0.25, -0.2) is 0 Å². The van der Waals surface area contributed by atoms with Gasteiger partial charge in [-0.05, 0) is 55.9 Å². The number of phenolic OH excluding ortho intramolecular Hbond substituents is 1. The molecule has 2 aromatic rings. The summed E-state index contributed by atoms with van der Waals surface area (Å²) in [4.78, 5) is 0. The van der Waals surface area contributed by atoms with Crippen LogP contribution in [0.4, 0.5) is 0 Å². The highest BCUT2D eigenvalue weighted by Crippen LogP contribution is 2.40. The van der Waals surface area contributed by atoms with E-state index in [-0.39, 0.29) is 21.7 Å². The number of benzene rings is 2. The Balaban J connectivity index is 2.39. The molecule has 1 N–H and O–H groups in total. The van der Waals surface area contributed by atoms with Crippen LogP contribution in [0.25, 0.3) is 0 Å². The van der Waals surface area contributed by atoms with Gasteiger partial charge in [0.1, 0.15) is 5.75 Å². The normalized spacial score (nSPS) is 13.9. The van der Waals surface area contributed by atoms with Crippen molar-refractivity contribution in [1.82, 2.24) is 0 Å². The molecular formula is C30H48OSi. The van der Waals surface area contributed by atoms with Crippen molar-refractivity contribution in [3.8, 4) is 5.75 Å². The SMILES string of the molecule is CC(C)(C)c1cc(CC[SiH2]c2cccc(C(C)(C)C)c2C(C)(C)C)cc(C(C)(C)C)c1O. The fourth-order valence-corrected chi connectivity index (χ4v) is 7.02. The van der Waals surface area contributed by atoms with Crippen molar-refractivity contribution in [1.29, 1.82) is 0 Å². The highest BCUT2D eigenvalue weighted by molar-refractivity contribution is 6.54. The molecule has 0 aliphatic heterocycles. The summed E-state index contributed by atoms with van der Waals surface area (Å²) in [7, 11) is -0.408. The van der Waals surface area contributed by atoms with Crippen LogP contribution in [0, 0.1) is 0 Å². The largest absolute Gasteiger partial charge is 0.507 e. The average molecular weight is 453 g/mol. The molecule has 0 bridgehead atoms. The summed E-state index contributed by atoms with van der Waals surface area (Å²) in [6.07, 6.45) is 1.09. The Morgan fingerprint density at radius 2 is 1.12 bits per heavy atom. The molecule has 0 aliphatic carbocycles. The van der Waals surface area contributed by atoms with Crippen molar-refractivity contribution in [2.24, 2.45) is 0 Å². The van der Waals surface area contributed by atoms with Crippen LogP contribution >= 0.6 is 0 Å². The van der Waals surface area contributed by atoms with E-state index in [2.05, 4.69) is 113 Å². The first kappa shape index (κ1) is 26.7. The Morgan fingerprint density at radius 3 is 1.53 bits per heavy atom. The number of rotatable bonds is 4. The zero-order chi connectivity index (χ0) is 24.7. The molecule has 2 rings (SSSR count). The molecule has 0 atom stereocenters. The van der Waals surface area contributed by atoms with Crippen LogP contribution in [0.5, 0.6) is 5.75 Å². The second kappa shape index (κ2) is 9.01. The van der Waals surface area contributed by atoms with E-state index in [1.807, 2.05) is 0 Å². The average Bonchev–Trinajstić information content (AvgIpc) is 2.59. The molecule has 0 spiro atoms. The first-order valence-corrected chi connectivity index (χ1v) is 14.0. The van der Waals surface area contributed by atoms with E-state index in [1.54, 1.807) is 10.8 Å². The third kappa shape index (κ3) is 6.28. The number of hydrogen-bond acceptors (Lipinski definition) is 1. The maximum Gasteiger partial charge on any atom is 0.123 e. The predicted molar refractivity (Wildman–Crippen MR) is 146 cm³/mol. The maximum absolute atomic E-state index is 11.0. The monoisotopic (exact) mass is 452 g/mol. The first-order valence-electron chi connectivity index (χ1n) is 12.3. The third-order valence-electron chi connectivity index (χ3n) is 6.41. The summed E-state index contributed by atoms with van der Waals surface area (Å²) in [5.41, 5.74) is 6.78. The topological polar surface area (TPSA) is 20.2 Å². The molecule has 1 nitrogen and oxygen atoms in total. The van der Waals surface area contributed by atoms with E-state index >= 15 is 0 Å². The lowest BCUT2D eigenvalue weighted by molar-refractivity contribution is 0.422. The van der Waals surface area contributed by atoms with E-state index in [4.69, 9.17) is 0 Å². The van der Waals surface area contributed by atoms with Crippen LogP contribution in [-0.2, 0) is 28.1 Å². The van der Waals surface area contributed by atoms with Crippen molar-refractivity contribution in [3.05, 3.63) is 58.1 Å². The van der Waals surface area contributed by atoms with E-state index in [1.165, 1.54) is 17.2 Å². The van der Waals surface area contributed by atoms with Gasteiger partial charge in [-0.3, -0.25) is 0 Å². The van der Waals surface area contributed by atoms with Gasteiger partial charge in [-0.2, -0.15) is 0 Å². The number of aromatic hydroxyl groups is 1. The van der Waals surface area contributed by atoms with Crippen LogP contribution < -0.4 is 5.19 Å². The lowest BCUT2D eigenvalue weighted by Gasteiger charge is -2.32. The lowest BCUT2D eigenvalue weighted by atomic mass is 9.75. The molecule has 2 heteroatoms. The fourth-order valence-electron chi connectivity index (χ4n) is 4.78. The molecule has 0 unspecified atom stereocenters. The highest BCUT2D eigenvalue weighted by Gasteiger charge is 2.28. The van der Waals surface area contributed by atoms with Crippen molar-refractivity contribution >= 4 is 14.7 Å². The zero-order valence-corrected chi connectivity index (χ0v) is 24.4. The highest BCUT2D eigenvalue weighted by atomic mass is 28.2. The van der Waals surface area contributed by atoms with Crippen molar-refractivity contribution in [2.45, 2.75) is 117 Å². The molecule has 178 valence electrons. The third-order valence-corrected chi connectivity index (χ3v) is 8.24. The quantitative estimate of drug-likeness (QED) is 0.493. The molecule has 0 fully saturated rings. The number of phenols is 1. The summed E-state index contributed by atoms with van der Waals surface area (Å²) in [5, 5.41) is 12.7. The van der Waals surface area contributed by atoms with Gasteiger partial charge < -0.3 is 5.11 Å². The van der Waals surface area contributed by atoms with Crippen LogP contribution in [0.1, 0.15) is 111 Å². The van der Waals surface area contributed by atoms with Gasteiger partial charge in [0.15, 0.2) is 0 Å². The van der Waals surface area contributed by atoms with Crippen LogP contribution in [0.3, 0.4) is 0 Å². The molecule has 2 aromatic carbocycles. The Morgan fingerprint density at radius 1 is 0.656 bits per heavy atom. The summed E-state index contributed by atoms with van der Waals surface area (Å²) in [6.45, 7) is 27.3.